The Kier molecular flexibility index (Phi) is 3.23. The smallest absolute Gasteiger partial charge is 0.230 e. The van der Waals surface area contributed by atoms with E-state index in [0.29, 0.717) is 16.9 Å². The third-order valence-electron chi connectivity index (χ3n) is 3.20. The van der Waals surface area contributed by atoms with Crippen LogP contribution in [0.5, 0.6) is 0 Å². The average Bonchev–Trinajstić information content (AvgIpc) is 2.54. The van der Waals surface area contributed by atoms with Crippen LogP contribution in [0.15, 0.2) is 60.1 Å². The molecule has 1 aromatic carbocycles. The molecular formula is C16H12N2O3. The van der Waals surface area contributed by atoms with Crippen molar-refractivity contribution in [1.29, 1.82) is 0 Å². The second kappa shape index (κ2) is 5.20. The Bertz CT molecular complexity index is 751. The van der Waals surface area contributed by atoms with Crippen molar-refractivity contribution in [1.82, 2.24) is 4.98 Å². The van der Waals surface area contributed by atoms with E-state index >= 15 is 0 Å². The number of ether oxygens (including phenoxy) is 1. The van der Waals surface area contributed by atoms with Crippen LogP contribution in [0.1, 0.15) is 20.7 Å². The fourth-order valence-corrected chi connectivity index (χ4v) is 2.23. The van der Waals surface area contributed by atoms with Crippen molar-refractivity contribution in [3.63, 3.8) is 0 Å². The molecule has 1 aliphatic carbocycles. The molecule has 1 heterocycles. The lowest BCUT2D eigenvalue weighted by molar-refractivity contribution is 0.0907. The van der Waals surface area contributed by atoms with Gasteiger partial charge in [-0.15, -0.1) is 0 Å². The Morgan fingerprint density at radius 1 is 0.952 bits per heavy atom. The van der Waals surface area contributed by atoms with Crippen LogP contribution < -0.4 is 5.32 Å². The number of allylic oxidation sites excluding steroid dienone is 2. The number of aromatic nitrogens is 1. The molecule has 0 spiro atoms. The highest BCUT2D eigenvalue weighted by Gasteiger charge is 2.33. The first-order chi connectivity index (χ1) is 10.2. The van der Waals surface area contributed by atoms with Gasteiger partial charge in [0.05, 0.1) is 7.11 Å². The number of methoxy groups -OCH3 is 1. The lowest BCUT2D eigenvalue weighted by Gasteiger charge is -2.20. The lowest BCUT2D eigenvalue weighted by Crippen LogP contribution is -2.27. The molecule has 0 fully saturated rings. The van der Waals surface area contributed by atoms with Crippen LogP contribution in [-0.2, 0) is 4.74 Å². The molecule has 2 aromatic rings. The molecular weight excluding hydrogens is 268 g/mol. The van der Waals surface area contributed by atoms with Crippen LogP contribution >= 0.6 is 0 Å². The topological polar surface area (TPSA) is 68.3 Å². The van der Waals surface area contributed by atoms with Crippen LogP contribution in [-0.4, -0.2) is 23.7 Å². The summed E-state index contributed by atoms with van der Waals surface area (Å²) >= 11 is 0. The van der Waals surface area contributed by atoms with Crippen LogP contribution in [0.3, 0.4) is 0 Å². The van der Waals surface area contributed by atoms with Gasteiger partial charge in [0.1, 0.15) is 11.5 Å². The summed E-state index contributed by atoms with van der Waals surface area (Å²) in [4.78, 5) is 29.0. The van der Waals surface area contributed by atoms with Gasteiger partial charge in [-0.2, -0.15) is 0 Å². The van der Waals surface area contributed by atoms with E-state index in [1.807, 2.05) is 0 Å². The maximum absolute atomic E-state index is 12.6. The average molecular weight is 280 g/mol. The highest BCUT2D eigenvalue weighted by molar-refractivity contribution is 6.26. The molecule has 5 heteroatoms. The molecule has 21 heavy (non-hydrogen) atoms. The molecule has 0 amide bonds. The minimum atomic E-state index is -0.314. The fraction of sp³-hybridized carbons (Fsp3) is 0.0625. The summed E-state index contributed by atoms with van der Waals surface area (Å²) in [6.45, 7) is 0. The molecule has 0 saturated carbocycles. The fourth-order valence-electron chi connectivity index (χ4n) is 2.23. The van der Waals surface area contributed by atoms with Crippen molar-refractivity contribution in [3.8, 4) is 0 Å². The predicted octanol–water partition coefficient (Wildman–Crippen LogP) is 2.43. The Labute approximate surface area is 121 Å². The van der Waals surface area contributed by atoms with Gasteiger partial charge in [-0.25, -0.2) is 4.98 Å². The normalized spacial score (nSPS) is 14.0. The number of fused-ring (bicyclic) bond motifs is 1. The van der Waals surface area contributed by atoms with Gasteiger partial charge in [0, 0.05) is 17.3 Å². The number of pyridine rings is 1. The highest BCUT2D eigenvalue weighted by atomic mass is 16.5. The second-order valence-corrected chi connectivity index (χ2v) is 4.45. The zero-order valence-electron chi connectivity index (χ0n) is 11.3. The minimum Gasteiger partial charge on any atom is -0.491 e. The van der Waals surface area contributed by atoms with Gasteiger partial charge in [0.25, 0.3) is 0 Å². The van der Waals surface area contributed by atoms with Gasteiger partial charge < -0.3 is 10.1 Å². The maximum Gasteiger partial charge on any atom is 0.230 e. The van der Waals surface area contributed by atoms with E-state index in [0.717, 1.165) is 0 Å². The largest absolute Gasteiger partial charge is 0.491 e. The third kappa shape index (κ3) is 2.18. The van der Waals surface area contributed by atoms with Gasteiger partial charge in [0.2, 0.25) is 11.6 Å². The van der Waals surface area contributed by atoms with E-state index in [1.54, 1.807) is 48.7 Å². The molecule has 0 atom stereocenters. The zero-order chi connectivity index (χ0) is 14.8. The number of anilines is 1. The number of nitrogens with zero attached hydrogens (tertiary/aromatic N) is 1. The van der Waals surface area contributed by atoms with E-state index in [2.05, 4.69) is 10.3 Å². The molecule has 0 bridgehead atoms. The van der Waals surface area contributed by atoms with E-state index in [9.17, 15) is 9.59 Å². The molecule has 1 aliphatic rings. The molecule has 0 unspecified atom stereocenters. The highest BCUT2D eigenvalue weighted by Crippen LogP contribution is 2.27. The van der Waals surface area contributed by atoms with Crippen molar-refractivity contribution in [2.75, 3.05) is 12.4 Å². The Morgan fingerprint density at radius 3 is 2.24 bits per heavy atom. The molecule has 5 nitrogen and oxygen atoms in total. The lowest BCUT2D eigenvalue weighted by atomic mass is 9.91. The van der Waals surface area contributed by atoms with Gasteiger partial charge >= 0.3 is 0 Å². The summed E-state index contributed by atoms with van der Waals surface area (Å²) in [6.07, 6.45) is 1.60. The quantitative estimate of drug-likeness (QED) is 0.935. The standard InChI is InChI=1S/C16H12N2O3/c1-21-16-13(18-12-8-4-5-9-17-12)14(19)10-6-2-3-7-11(10)15(16)20/h2-9H,1H3,(H,17,18). The summed E-state index contributed by atoms with van der Waals surface area (Å²) in [5.74, 6) is -0.120. The van der Waals surface area contributed by atoms with Gasteiger partial charge in [-0.1, -0.05) is 30.3 Å². The van der Waals surface area contributed by atoms with Gasteiger partial charge in [-0.3, -0.25) is 9.59 Å². The van der Waals surface area contributed by atoms with Crippen molar-refractivity contribution in [2.24, 2.45) is 0 Å². The molecule has 0 saturated heterocycles. The number of hydrogen-bond donors (Lipinski definition) is 1. The molecule has 1 N–H and O–H groups in total. The van der Waals surface area contributed by atoms with Crippen LogP contribution in [0.4, 0.5) is 5.82 Å². The summed E-state index contributed by atoms with van der Waals surface area (Å²) in [5.41, 5.74) is 0.826. The second-order valence-electron chi connectivity index (χ2n) is 4.45. The number of carbonyl (C=O) groups excluding carboxylic acids is 2. The van der Waals surface area contributed by atoms with Crippen molar-refractivity contribution in [2.45, 2.75) is 0 Å². The van der Waals surface area contributed by atoms with Crippen molar-refractivity contribution in [3.05, 3.63) is 71.2 Å². The monoisotopic (exact) mass is 280 g/mol. The number of carbonyl (C=O) groups is 2. The first-order valence-electron chi connectivity index (χ1n) is 6.37. The van der Waals surface area contributed by atoms with E-state index < -0.39 is 0 Å². The maximum atomic E-state index is 12.6. The predicted molar refractivity (Wildman–Crippen MR) is 77.0 cm³/mol. The van der Waals surface area contributed by atoms with Crippen molar-refractivity contribution >= 4 is 17.4 Å². The summed E-state index contributed by atoms with van der Waals surface area (Å²) in [5, 5.41) is 2.88. The number of rotatable bonds is 3. The SMILES string of the molecule is COC1=C(Nc2ccccn2)C(=O)c2ccccc2C1=O. The van der Waals surface area contributed by atoms with Gasteiger partial charge in [0.15, 0.2) is 5.76 Å². The summed E-state index contributed by atoms with van der Waals surface area (Å²) < 4.78 is 5.13. The van der Waals surface area contributed by atoms with Crippen LogP contribution in [0.2, 0.25) is 0 Å². The van der Waals surface area contributed by atoms with E-state index in [1.165, 1.54) is 7.11 Å². The first-order valence-corrected chi connectivity index (χ1v) is 6.37. The Balaban J connectivity index is 2.09. The minimum absolute atomic E-state index is 0.00403. The molecule has 0 radical (unpaired) electrons. The van der Waals surface area contributed by atoms with Crippen molar-refractivity contribution < 1.29 is 14.3 Å². The Morgan fingerprint density at radius 2 is 1.62 bits per heavy atom. The van der Waals surface area contributed by atoms with Crippen LogP contribution in [0.25, 0.3) is 0 Å². The molecule has 1 aromatic heterocycles. The summed E-state index contributed by atoms with van der Waals surface area (Å²) in [6, 6.07) is 11.9. The number of benzene rings is 1. The zero-order valence-corrected chi connectivity index (χ0v) is 11.3. The number of hydrogen-bond acceptors (Lipinski definition) is 5. The molecule has 104 valence electrons. The van der Waals surface area contributed by atoms with E-state index in [-0.39, 0.29) is 23.0 Å². The number of nitrogens with one attached hydrogen (secondary N) is 1. The number of Topliss-reactive ketones (excluding diaryl/α,β-unsaturated/α-hetero) is 2. The van der Waals surface area contributed by atoms with Gasteiger partial charge in [-0.05, 0) is 12.1 Å². The Hall–Kier alpha value is -2.95. The first kappa shape index (κ1) is 13.1. The van der Waals surface area contributed by atoms with E-state index in [4.69, 9.17) is 4.74 Å². The summed E-state index contributed by atoms with van der Waals surface area (Å²) in [7, 11) is 1.37. The number of ketones is 2. The third-order valence-corrected chi connectivity index (χ3v) is 3.20. The van der Waals surface area contributed by atoms with Crippen LogP contribution in [0, 0.1) is 0 Å². The molecule has 3 rings (SSSR count). The molecule has 0 aliphatic heterocycles.